The lowest BCUT2D eigenvalue weighted by Crippen LogP contribution is -2.56. The Morgan fingerprint density at radius 3 is 2.09 bits per heavy atom. The molecule has 1 saturated heterocycles. The van der Waals surface area contributed by atoms with Crippen LogP contribution in [0.1, 0.15) is 35.2 Å². The molecule has 0 aromatic heterocycles. The molecule has 3 aromatic rings. The Morgan fingerprint density at radius 2 is 1.49 bits per heavy atom. The minimum atomic E-state index is -0.348. The lowest BCUT2D eigenvalue weighted by molar-refractivity contribution is -0.139. The van der Waals surface area contributed by atoms with Crippen molar-refractivity contribution in [2.75, 3.05) is 37.4 Å². The molecule has 1 fully saturated rings. The number of amides is 1. The average Bonchev–Trinajstić information content (AvgIpc) is 2.83. The van der Waals surface area contributed by atoms with Crippen LogP contribution in [-0.2, 0) is 16.0 Å². The summed E-state index contributed by atoms with van der Waals surface area (Å²) in [5, 5.41) is 7.23. The minimum Gasteiger partial charge on any atom is -0.384 e. The summed E-state index contributed by atoms with van der Waals surface area (Å²) in [6.07, 6.45) is 0.631. The quantitative estimate of drug-likeness (QED) is 0.404. The van der Waals surface area contributed by atoms with Gasteiger partial charge in [-0.1, -0.05) is 71.8 Å². The van der Waals surface area contributed by atoms with Crippen molar-refractivity contribution in [3.05, 3.63) is 95.1 Å². The number of methoxy groups -OCH3 is 1. The van der Waals surface area contributed by atoms with Crippen LogP contribution in [0.5, 0.6) is 0 Å². The number of hydrogen-bond donors (Lipinski definition) is 2. The van der Waals surface area contributed by atoms with Crippen LogP contribution < -0.4 is 10.6 Å². The largest absolute Gasteiger partial charge is 0.384 e. The molecule has 1 unspecified atom stereocenters. The fraction of sp³-hybridized carbons (Fsp3) is 0.367. The maximum Gasteiger partial charge on any atom is 0.245 e. The van der Waals surface area contributed by atoms with Crippen molar-refractivity contribution in [3.63, 3.8) is 0 Å². The van der Waals surface area contributed by atoms with Crippen molar-refractivity contribution in [1.29, 1.82) is 0 Å². The monoisotopic (exact) mass is 471 g/mol. The number of likely N-dealkylation sites (tertiary alicyclic amines) is 1. The van der Waals surface area contributed by atoms with Gasteiger partial charge in [0.15, 0.2) is 0 Å². The fourth-order valence-corrected chi connectivity index (χ4v) is 4.57. The molecule has 3 aromatic carbocycles. The van der Waals surface area contributed by atoms with Crippen molar-refractivity contribution in [1.82, 2.24) is 4.90 Å². The topological polar surface area (TPSA) is 53.6 Å². The molecule has 0 saturated carbocycles. The van der Waals surface area contributed by atoms with Crippen molar-refractivity contribution in [3.8, 4) is 0 Å². The molecular weight excluding hydrogens is 434 g/mol. The predicted molar refractivity (Wildman–Crippen MR) is 144 cm³/mol. The van der Waals surface area contributed by atoms with Gasteiger partial charge in [-0.25, -0.2) is 0 Å². The fourth-order valence-electron chi connectivity index (χ4n) is 4.57. The van der Waals surface area contributed by atoms with Gasteiger partial charge < -0.3 is 20.3 Å². The van der Waals surface area contributed by atoms with Crippen molar-refractivity contribution in [2.24, 2.45) is 5.92 Å². The first-order valence-electron chi connectivity index (χ1n) is 12.4. The second kappa shape index (κ2) is 11.4. The summed E-state index contributed by atoms with van der Waals surface area (Å²) in [6, 6.07) is 25.0. The second-order valence-electron chi connectivity index (χ2n) is 9.77. The van der Waals surface area contributed by atoms with E-state index >= 15 is 0 Å². The Balaban J connectivity index is 1.52. The zero-order valence-corrected chi connectivity index (χ0v) is 21.3. The summed E-state index contributed by atoms with van der Waals surface area (Å²) in [5.41, 5.74) is 6.76. The van der Waals surface area contributed by atoms with Crippen LogP contribution in [0.2, 0.25) is 0 Å². The summed E-state index contributed by atoms with van der Waals surface area (Å²) in [6.45, 7) is 8.54. The highest BCUT2D eigenvalue weighted by atomic mass is 16.5. The van der Waals surface area contributed by atoms with Gasteiger partial charge in [0.2, 0.25) is 5.91 Å². The van der Waals surface area contributed by atoms with Crippen LogP contribution in [-0.4, -0.2) is 43.7 Å². The molecule has 4 rings (SSSR count). The van der Waals surface area contributed by atoms with Crippen LogP contribution in [0.4, 0.5) is 11.4 Å². The second-order valence-corrected chi connectivity index (χ2v) is 9.77. The van der Waals surface area contributed by atoms with E-state index in [2.05, 4.69) is 86.0 Å². The van der Waals surface area contributed by atoms with Gasteiger partial charge in [-0.15, -0.1) is 0 Å². The summed E-state index contributed by atoms with van der Waals surface area (Å²) >= 11 is 0. The third-order valence-electron chi connectivity index (χ3n) is 6.74. The molecule has 1 aliphatic rings. The number of anilines is 2. The van der Waals surface area contributed by atoms with Crippen molar-refractivity contribution < 1.29 is 9.53 Å². The van der Waals surface area contributed by atoms with Gasteiger partial charge in [0.1, 0.15) is 6.04 Å². The van der Waals surface area contributed by atoms with E-state index in [4.69, 9.17) is 4.74 Å². The van der Waals surface area contributed by atoms with Gasteiger partial charge >= 0.3 is 0 Å². The maximum atomic E-state index is 13.5. The van der Waals surface area contributed by atoms with Crippen molar-refractivity contribution >= 4 is 17.3 Å². The van der Waals surface area contributed by atoms with E-state index in [1.54, 1.807) is 7.11 Å². The standard InChI is InChI=1S/C30H37N3O2/c1-21-9-13-24(14-10-21)17-29(30(34)33-18-25(19-33)20-35-4)32-28-8-6-5-7-27(28)31-23(3)26-15-11-22(2)12-16-26/h5-16,23,25,29,31-32H,17-20H2,1-4H3/t23?,29-/m0/s1. The van der Waals surface area contributed by atoms with E-state index in [0.717, 1.165) is 30.0 Å². The first-order valence-corrected chi connectivity index (χ1v) is 12.4. The summed E-state index contributed by atoms with van der Waals surface area (Å²) in [5.74, 6) is 0.563. The number of para-hydroxylation sites is 2. The van der Waals surface area contributed by atoms with Crippen LogP contribution >= 0.6 is 0 Å². The van der Waals surface area contributed by atoms with Crippen molar-refractivity contribution in [2.45, 2.75) is 39.3 Å². The molecule has 5 heteroatoms. The number of rotatable bonds is 10. The molecule has 5 nitrogen and oxygen atoms in total. The molecular formula is C30H37N3O2. The van der Waals surface area contributed by atoms with Gasteiger partial charge in [0.05, 0.1) is 18.0 Å². The Labute approximate surface area is 209 Å². The van der Waals surface area contributed by atoms with Crippen LogP contribution in [0.25, 0.3) is 0 Å². The average molecular weight is 472 g/mol. The first kappa shape index (κ1) is 24.8. The number of hydrogen-bond acceptors (Lipinski definition) is 4. The molecule has 0 spiro atoms. The number of aryl methyl sites for hydroxylation is 2. The van der Waals surface area contributed by atoms with E-state index < -0.39 is 0 Å². The Morgan fingerprint density at radius 1 is 0.914 bits per heavy atom. The molecule has 2 N–H and O–H groups in total. The molecule has 35 heavy (non-hydrogen) atoms. The van der Waals surface area contributed by atoms with Crippen LogP contribution in [0.3, 0.4) is 0 Å². The molecule has 184 valence electrons. The number of ether oxygens (including phenoxy) is 1. The highest BCUT2D eigenvalue weighted by molar-refractivity contribution is 5.87. The molecule has 1 amide bonds. The third kappa shape index (κ3) is 6.43. The Kier molecular flexibility index (Phi) is 8.09. The number of carbonyl (C=O) groups excluding carboxylic acids is 1. The Bertz CT molecular complexity index is 1110. The zero-order valence-electron chi connectivity index (χ0n) is 21.3. The smallest absolute Gasteiger partial charge is 0.245 e. The molecule has 0 bridgehead atoms. The minimum absolute atomic E-state index is 0.134. The van der Waals surface area contributed by atoms with Crippen LogP contribution in [0.15, 0.2) is 72.8 Å². The summed E-state index contributed by atoms with van der Waals surface area (Å²) in [7, 11) is 1.72. The number of nitrogens with zero attached hydrogens (tertiary/aromatic N) is 1. The van der Waals surface area contributed by atoms with Crippen LogP contribution in [0, 0.1) is 19.8 Å². The lowest BCUT2D eigenvalue weighted by Gasteiger charge is -2.41. The van der Waals surface area contributed by atoms with E-state index in [0.29, 0.717) is 18.9 Å². The third-order valence-corrected chi connectivity index (χ3v) is 6.74. The summed E-state index contributed by atoms with van der Waals surface area (Å²) < 4.78 is 5.27. The van der Waals surface area contributed by atoms with Gasteiger partial charge in [-0.2, -0.15) is 0 Å². The normalized spacial score (nSPS) is 15.3. The molecule has 0 aliphatic carbocycles. The first-order chi connectivity index (χ1) is 16.9. The Hall–Kier alpha value is -3.31. The number of benzene rings is 3. The predicted octanol–water partition coefficient (Wildman–Crippen LogP) is 5.60. The molecule has 0 radical (unpaired) electrons. The van der Waals surface area contributed by atoms with Gasteiger partial charge in [-0.3, -0.25) is 4.79 Å². The SMILES string of the molecule is COCC1CN(C(=O)[C@H](Cc2ccc(C)cc2)Nc2ccccc2NC(C)c2ccc(C)cc2)C1. The highest BCUT2D eigenvalue weighted by Crippen LogP contribution is 2.28. The summed E-state index contributed by atoms with van der Waals surface area (Å²) in [4.78, 5) is 15.5. The van der Waals surface area contributed by atoms with Gasteiger partial charge in [-0.05, 0) is 44.0 Å². The number of nitrogens with one attached hydrogen (secondary N) is 2. The van der Waals surface area contributed by atoms with Gasteiger partial charge in [0, 0.05) is 38.6 Å². The molecule has 2 atom stereocenters. The van der Waals surface area contributed by atoms with E-state index in [9.17, 15) is 4.79 Å². The van der Waals surface area contributed by atoms with E-state index in [-0.39, 0.29) is 18.0 Å². The van der Waals surface area contributed by atoms with Gasteiger partial charge in [0.25, 0.3) is 0 Å². The molecule has 1 heterocycles. The maximum absolute atomic E-state index is 13.5. The number of carbonyl (C=O) groups is 1. The highest BCUT2D eigenvalue weighted by Gasteiger charge is 2.34. The van der Waals surface area contributed by atoms with E-state index in [1.165, 1.54) is 16.7 Å². The van der Waals surface area contributed by atoms with E-state index in [1.807, 2.05) is 23.1 Å². The zero-order chi connectivity index (χ0) is 24.8. The molecule has 1 aliphatic heterocycles. The lowest BCUT2D eigenvalue weighted by atomic mass is 9.97.